The molecule has 0 bridgehead atoms. The van der Waals surface area contributed by atoms with E-state index < -0.39 is 6.04 Å². The molecule has 15 heavy (non-hydrogen) atoms. The van der Waals surface area contributed by atoms with Crippen molar-refractivity contribution < 1.29 is 9.59 Å². The third-order valence-corrected chi connectivity index (χ3v) is 2.85. The van der Waals surface area contributed by atoms with Crippen LogP contribution in [0, 0.1) is 0 Å². The van der Waals surface area contributed by atoms with E-state index in [1.165, 1.54) is 16.2 Å². The fraction of sp³-hybridized carbons (Fsp3) is 0.400. The Labute approximate surface area is 92.7 Å². The van der Waals surface area contributed by atoms with Crippen LogP contribution in [-0.4, -0.2) is 36.2 Å². The van der Waals surface area contributed by atoms with Gasteiger partial charge in [-0.3, -0.25) is 9.59 Å². The van der Waals surface area contributed by atoms with Crippen LogP contribution in [0.2, 0.25) is 0 Å². The van der Waals surface area contributed by atoms with Crippen molar-refractivity contribution in [1.29, 1.82) is 0 Å². The van der Waals surface area contributed by atoms with Crippen molar-refractivity contribution in [3.05, 3.63) is 22.4 Å². The average Bonchev–Trinajstić information content (AvgIpc) is 2.68. The predicted molar refractivity (Wildman–Crippen MR) is 59.9 cm³/mol. The number of nitrogens with zero attached hydrogens (tertiary/aromatic N) is 1. The summed E-state index contributed by atoms with van der Waals surface area (Å²) in [6.07, 6.45) is 0. The maximum absolute atomic E-state index is 11.6. The molecule has 1 aromatic rings. The summed E-state index contributed by atoms with van der Waals surface area (Å²) >= 11 is 1.37. The summed E-state index contributed by atoms with van der Waals surface area (Å²) in [6, 6.07) is 2.99. The summed E-state index contributed by atoms with van der Waals surface area (Å²) in [7, 11) is 1.58. The molecule has 0 radical (unpaired) electrons. The molecule has 1 atom stereocenters. The van der Waals surface area contributed by atoms with Crippen molar-refractivity contribution in [3.63, 3.8) is 0 Å². The normalized spacial score (nSPS) is 12.2. The van der Waals surface area contributed by atoms with Crippen molar-refractivity contribution in [2.24, 2.45) is 5.73 Å². The Hall–Kier alpha value is -1.20. The van der Waals surface area contributed by atoms with Crippen LogP contribution in [0.1, 0.15) is 16.6 Å². The molecular formula is C10H14N2O2S. The highest BCUT2D eigenvalue weighted by atomic mass is 32.1. The zero-order valence-corrected chi connectivity index (χ0v) is 9.58. The molecule has 0 aliphatic heterocycles. The van der Waals surface area contributed by atoms with Gasteiger partial charge in [0.15, 0.2) is 5.78 Å². The van der Waals surface area contributed by atoms with E-state index in [4.69, 9.17) is 5.73 Å². The van der Waals surface area contributed by atoms with Crippen molar-refractivity contribution in [2.45, 2.75) is 13.0 Å². The highest BCUT2D eigenvalue weighted by Crippen LogP contribution is 2.09. The van der Waals surface area contributed by atoms with Gasteiger partial charge in [-0.05, 0) is 18.4 Å². The third kappa shape index (κ3) is 3.14. The summed E-state index contributed by atoms with van der Waals surface area (Å²) in [6.45, 7) is 1.69. The molecule has 4 nitrogen and oxygen atoms in total. The number of hydrogen-bond donors (Lipinski definition) is 1. The largest absolute Gasteiger partial charge is 0.337 e. The van der Waals surface area contributed by atoms with Gasteiger partial charge in [0.25, 0.3) is 0 Å². The van der Waals surface area contributed by atoms with Crippen molar-refractivity contribution in [1.82, 2.24) is 4.90 Å². The Morgan fingerprint density at radius 1 is 1.60 bits per heavy atom. The number of hydrogen-bond acceptors (Lipinski definition) is 4. The van der Waals surface area contributed by atoms with E-state index in [-0.39, 0.29) is 18.2 Å². The van der Waals surface area contributed by atoms with E-state index in [1.54, 1.807) is 20.0 Å². The summed E-state index contributed by atoms with van der Waals surface area (Å²) < 4.78 is 0. The smallest absolute Gasteiger partial charge is 0.239 e. The molecule has 1 aromatic heterocycles. The number of carbonyl (C=O) groups excluding carboxylic acids is 2. The zero-order chi connectivity index (χ0) is 11.4. The molecule has 0 aromatic carbocycles. The lowest BCUT2D eigenvalue weighted by Crippen LogP contribution is -2.41. The number of carbonyl (C=O) groups is 2. The van der Waals surface area contributed by atoms with Gasteiger partial charge in [0.1, 0.15) is 0 Å². The van der Waals surface area contributed by atoms with Crippen LogP contribution in [0.5, 0.6) is 0 Å². The second-order valence-electron chi connectivity index (χ2n) is 3.38. The van der Waals surface area contributed by atoms with Crippen molar-refractivity contribution in [2.75, 3.05) is 13.6 Å². The Morgan fingerprint density at radius 3 is 2.73 bits per heavy atom. The Balaban J connectivity index is 2.56. The first-order valence-corrected chi connectivity index (χ1v) is 5.47. The van der Waals surface area contributed by atoms with Crippen molar-refractivity contribution >= 4 is 23.0 Å². The summed E-state index contributed by atoms with van der Waals surface area (Å²) in [4.78, 5) is 25.0. The summed E-state index contributed by atoms with van der Waals surface area (Å²) in [5, 5.41) is 1.83. The van der Waals surface area contributed by atoms with Gasteiger partial charge in [0.2, 0.25) is 5.91 Å². The monoisotopic (exact) mass is 226 g/mol. The van der Waals surface area contributed by atoms with E-state index in [0.717, 1.165) is 0 Å². The summed E-state index contributed by atoms with van der Waals surface area (Å²) in [5.74, 6) is -0.276. The number of Topliss-reactive ketones (excluding diaryl/α,β-unsaturated/α-hetero) is 1. The van der Waals surface area contributed by atoms with E-state index >= 15 is 0 Å². The van der Waals surface area contributed by atoms with Gasteiger partial charge in [0, 0.05) is 7.05 Å². The predicted octanol–water partition coefficient (Wildman–Crippen LogP) is 0.736. The minimum atomic E-state index is -0.564. The molecule has 0 saturated carbocycles. The van der Waals surface area contributed by atoms with Gasteiger partial charge >= 0.3 is 0 Å². The highest BCUT2D eigenvalue weighted by molar-refractivity contribution is 7.12. The maximum Gasteiger partial charge on any atom is 0.239 e. The molecular weight excluding hydrogens is 212 g/mol. The second-order valence-corrected chi connectivity index (χ2v) is 4.33. The molecule has 2 N–H and O–H groups in total. The minimum Gasteiger partial charge on any atom is -0.337 e. The Morgan fingerprint density at radius 2 is 2.27 bits per heavy atom. The molecule has 0 saturated heterocycles. The molecule has 0 fully saturated rings. The number of amides is 1. The highest BCUT2D eigenvalue weighted by Gasteiger charge is 2.17. The lowest BCUT2D eigenvalue weighted by molar-refractivity contribution is -0.130. The van der Waals surface area contributed by atoms with Crippen LogP contribution in [0.25, 0.3) is 0 Å². The van der Waals surface area contributed by atoms with E-state index in [9.17, 15) is 9.59 Å². The summed E-state index contributed by atoms with van der Waals surface area (Å²) in [5.41, 5.74) is 5.43. The van der Waals surface area contributed by atoms with Crippen LogP contribution in [0.3, 0.4) is 0 Å². The lowest BCUT2D eigenvalue weighted by atomic mass is 10.2. The van der Waals surface area contributed by atoms with E-state index in [2.05, 4.69) is 0 Å². The number of rotatable bonds is 4. The maximum atomic E-state index is 11.6. The molecule has 0 aliphatic carbocycles. The number of likely N-dealkylation sites (N-methyl/N-ethyl adjacent to an activating group) is 1. The van der Waals surface area contributed by atoms with Crippen LogP contribution in [0.4, 0.5) is 0 Å². The lowest BCUT2D eigenvalue weighted by Gasteiger charge is -2.17. The van der Waals surface area contributed by atoms with Crippen LogP contribution >= 0.6 is 11.3 Å². The first kappa shape index (κ1) is 11.9. The number of ketones is 1. The van der Waals surface area contributed by atoms with Crippen LogP contribution in [0.15, 0.2) is 17.5 Å². The SMILES string of the molecule is CC(N)C(=O)N(C)CC(=O)c1cccs1. The minimum absolute atomic E-state index is 0.0542. The first-order chi connectivity index (χ1) is 7.02. The van der Waals surface area contributed by atoms with E-state index in [0.29, 0.717) is 4.88 Å². The van der Waals surface area contributed by atoms with Crippen LogP contribution in [-0.2, 0) is 4.79 Å². The fourth-order valence-electron chi connectivity index (χ4n) is 1.16. The average molecular weight is 226 g/mol. The fourth-order valence-corrected chi connectivity index (χ4v) is 1.81. The molecule has 0 aliphatic rings. The molecule has 82 valence electrons. The molecule has 1 unspecified atom stereocenters. The Kier molecular flexibility index (Phi) is 3.99. The van der Waals surface area contributed by atoms with Gasteiger partial charge in [-0.25, -0.2) is 0 Å². The van der Waals surface area contributed by atoms with Gasteiger partial charge < -0.3 is 10.6 Å². The number of nitrogens with two attached hydrogens (primary N) is 1. The molecule has 1 rings (SSSR count). The van der Waals surface area contributed by atoms with Gasteiger partial charge in [-0.1, -0.05) is 6.07 Å². The third-order valence-electron chi connectivity index (χ3n) is 1.94. The first-order valence-electron chi connectivity index (χ1n) is 4.59. The quantitative estimate of drug-likeness (QED) is 0.770. The van der Waals surface area contributed by atoms with Crippen molar-refractivity contribution in [3.8, 4) is 0 Å². The zero-order valence-electron chi connectivity index (χ0n) is 8.77. The standard InChI is InChI=1S/C10H14N2O2S/c1-7(11)10(14)12(2)6-8(13)9-4-3-5-15-9/h3-5,7H,6,11H2,1-2H3. The van der Waals surface area contributed by atoms with Gasteiger partial charge in [-0.2, -0.15) is 0 Å². The molecule has 0 spiro atoms. The molecule has 5 heteroatoms. The molecule has 1 heterocycles. The molecule has 1 amide bonds. The van der Waals surface area contributed by atoms with Crippen LogP contribution < -0.4 is 5.73 Å². The van der Waals surface area contributed by atoms with Gasteiger partial charge in [-0.15, -0.1) is 11.3 Å². The second kappa shape index (κ2) is 5.04. The Bertz CT molecular complexity index is 346. The van der Waals surface area contributed by atoms with Gasteiger partial charge in [0.05, 0.1) is 17.5 Å². The topological polar surface area (TPSA) is 63.4 Å². The number of thiophene rings is 1. The van der Waals surface area contributed by atoms with E-state index in [1.807, 2.05) is 11.4 Å².